The van der Waals surface area contributed by atoms with Crippen molar-refractivity contribution in [2.75, 3.05) is 37.6 Å². The Hall–Kier alpha value is -2.16. The van der Waals surface area contributed by atoms with E-state index in [1.54, 1.807) is 10.6 Å². The number of anilines is 1. The van der Waals surface area contributed by atoms with E-state index in [9.17, 15) is 19.5 Å². The van der Waals surface area contributed by atoms with Gasteiger partial charge in [0, 0.05) is 51.4 Å². The van der Waals surface area contributed by atoms with Crippen LogP contribution in [0.25, 0.3) is 11.0 Å². The van der Waals surface area contributed by atoms with Crippen LogP contribution in [0.4, 0.5) is 5.82 Å². The quantitative estimate of drug-likeness (QED) is 0.687. The molecule has 1 saturated heterocycles. The van der Waals surface area contributed by atoms with Gasteiger partial charge in [0.15, 0.2) is 0 Å². The topological polar surface area (TPSA) is 95.7 Å². The molecule has 1 aliphatic carbocycles. The second-order valence-corrected chi connectivity index (χ2v) is 7.67. The number of nitrogens with zero attached hydrogens (tertiary/aromatic N) is 4. The predicted octanol–water partition coefficient (Wildman–Crippen LogP) is 2.22. The highest BCUT2D eigenvalue weighted by Gasteiger charge is 2.29. The van der Waals surface area contributed by atoms with Gasteiger partial charge in [-0.2, -0.15) is 0 Å². The van der Waals surface area contributed by atoms with Crippen LogP contribution in [0.2, 0.25) is 5.02 Å². The van der Waals surface area contributed by atoms with Crippen molar-refractivity contribution in [3.05, 3.63) is 33.1 Å². The van der Waals surface area contributed by atoms with E-state index in [0.29, 0.717) is 22.9 Å². The first-order valence-corrected chi connectivity index (χ1v) is 9.77. The molecule has 1 saturated carbocycles. The van der Waals surface area contributed by atoms with E-state index >= 15 is 0 Å². The number of aromatic nitrogens is 2. The molecule has 0 amide bonds. The molecule has 156 valence electrons. The first kappa shape index (κ1) is 21.5. The number of carboxylic acid groups (broad SMARTS) is 1. The van der Waals surface area contributed by atoms with Gasteiger partial charge < -0.3 is 19.4 Å². The molecule has 0 bridgehead atoms. The van der Waals surface area contributed by atoms with Gasteiger partial charge in [0.1, 0.15) is 23.3 Å². The maximum absolute atomic E-state index is 12.6. The number of halogens is 2. The average molecular weight is 441 g/mol. The Labute approximate surface area is 178 Å². The molecule has 2 aliphatic rings. The summed E-state index contributed by atoms with van der Waals surface area (Å²) in [7, 11) is 0. The Morgan fingerprint density at radius 1 is 1.28 bits per heavy atom. The summed E-state index contributed by atoms with van der Waals surface area (Å²) in [5.41, 5.74) is -0.326. The third-order valence-electron chi connectivity index (χ3n) is 5.35. The summed E-state index contributed by atoms with van der Waals surface area (Å²) in [5, 5.41) is 9.95. The number of carbonyl (C=O) groups excluding carboxylic acids is 1. The van der Waals surface area contributed by atoms with Crippen LogP contribution in [-0.2, 0) is 4.79 Å². The fourth-order valence-electron chi connectivity index (χ4n) is 3.66. The predicted molar refractivity (Wildman–Crippen MR) is 113 cm³/mol. The van der Waals surface area contributed by atoms with Crippen molar-refractivity contribution in [2.45, 2.75) is 25.3 Å². The van der Waals surface area contributed by atoms with E-state index in [0.717, 1.165) is 51.9 Å². The van der Waals surface area contributed by atoms with Crippen LogP contribution >= 0.6 is 24.0 Å². The van der Waals surface area contributed by atoms with Gasteiger partial charge >= 0.3 is 5.97 Å². The Morgan fingerprint density at radius 3 is 2.55 bits per heavy atom. The molecular weight excluding hydrogens is 419 g/mol. The molecule has 0 atom stereocenters. The molecule has 10 heteroatoms. The van der Waals surface area contributed by atoms with E-state index in [4.69, 9.17) is 16.6 Å². The van der Waals surface area contributed by atoms with Crippen LogP contribution in [0.15, 0.2) is 17.1 Å². The van der Waals surface area contributed by atoms with Crippen LogP contribution < -0.4 is 10.3 Å². The molecule has 4 rings (SSSR count). The van der Waals surface area contributed by atoms with E-state index in [2.05, 4.69) is 9.80 Å². The Kier molecular flexibility index (Phi) is 6.45. The normalized spacial score (nSPS) is 17.2. The van der Waals surface area contributed by atoms with Crippen LogP contribution in [-0.4, -0.2) is 64.5 Å². The molecule has 2 fully saturated rings. The number of fused-ring (bicyclic) bond motifs is 1. The lowest BCUT2D eigenvalue weighted by Crippen LogP contribution is -2.47. The molecule has 0 radical (unpaired) electrons. The fraction of sp³-hybridized carbons (Fsp3) is 0.474. The van der Waals surface area contributed by atoms with Crippen LogP contribution in [0.5, 0.6) is 0 Å². The minimum absolute atomic E-state index is 0. The summed E-state index contributed by atoms with van der Waals surface area (Å²) in [4.78, 5) is 43.6. The Balaban J connectivity index is 0.00000240. The monoisotopic (exact) mass is 440 g/mol. The SMILES string of the molecule is Cl.O=CCCN1CCN(c2nc3c(cc2Cl)c(=O)c(C(=O)O)cn3C2CC2)CC1. The third kappa shape index (κ3) is 4.24. The number of carboxylic acids is 1. The zero-order chi connectivity index (χ0) is 19.8. The highest BCUT2D eigenvalue weighted by molar-refractivity contribution is 6.33. The largest absolute Gasteiger partial charge is 0.477 e. The smallest absolute Gasteiger partial charge is 0.341 e. The van der Waals surface area contributed by atoms with Crippen LogP contribution in [0.3, 0.4) is 0 Å². The number of hydrogen-bond acceptors (Lipinski definition) is 6. The molecule has 2 aromatic rings. The van der Waals surface area contributed by atoms with E-state index < -0.39 is 11.4 Å². The number of piperazine rings is 1. The molecule has 1 aliphatic heterocycles. The lowest BCUT2D eigenvalue weighted by Gasteiger charge is -2.35. The number of aromatic carboxylic acids is 1. The highest BCUT2D eigenvalue weighted by atomic mass is 35.5. The summed E-state index contributed by atoms with van der Waals surface area (Å²) in [6.07, 6.45) is 4.73. The van der Waals surface area contributed by atoms with E-state index in [1.807, 2.05) is 0 Å². The molecular formula is C19H22Cl2N4O4. The minimum Gasteiger partial charge on any atom is -0.477 e. The van der Waals surface area contributed by atoms with E-state index in [1.165, 1.54) is 6.20 Å². The standard InChI is InChI=1S/C19H21ClN4O4.ClH/c20-15-10-13-16(26)14(19(27)28)11-24(12-2-3-12)17(13)21-18(15)23-7-5-22(6-8-23)4-1-9-25;/h9-12H,1-8H2,(H,27,28);1H. The average Bonchev–Trinajstić information content (AvgIpc) is 3.52. The first-order chi connectivity index (χ1) is 13.5. The van der Waals surface area contributed by atoms with Crippen molar-refractivity contribution in [2.24, 2.45) is 0 Å². The zero-order valence-electron chi connectivity index (χ0n) is 15.7. The molecule has 1 N–H and O–H groups in total. The molecule has 2 aromatic heterocycles. The molecule has 0 aromatic carbocycles. The summed E-state index contributed by atoms with van der Waals surface area (Å²) < 4.78 is 1.81. The minimum atomic E-state index is -1.24. The maximum atomic E-state index is 12.6. The summed E-state index contributed by atoms with van der Waals surface area (Å²) in [5.74, 6) is -0.631. The van der Waals surface area contributed by atoms with Gasteiger partial charge in [-0.3, -0.25) is 9.69 Å². The van der Waals surface area contributed by atoms with Crippen LogP contribution in [0, 0.1) is 0 Å². The summed E-state index contributed by atoms with van der Waals surface area (Å²) >= 11 is 6.45. The van der Waals surface area contributed by atoms with Crippen molar-refractivity contribution in [3.8, 4) is 0 Å². The number of aldehydes is 1. The lowest BCUT2D eigenvalue weighted by molar-refractivity contribution is -0.108. The second-order valence-electron chi connectivity index (χ2n) is 7.26. The zero-order valence-corrected chi connectivity index (χ0v) is 17.3. The van der Waals surface area contributed by atoms with Gasteiger partial charge in [0.2, 0.25) is 5.43 Å². The second kappa shape index (κ2) is 8.69. The van der Waals surface area contributed by atoms with Crippen molar-refractivity contribution in [1.82, 2.24) is 14.5 Å². The van der Waals surface area contributed by atoms with Crippen molar-refractivity contribution < 1.29 is 14.7 Å². The number of hydrogen-bond donors (Lipinski definition) is 1. The van der Waals surface area contributed by atoms with Gasteiger partial charge in [0.25, 0.3) is 0 Å². The van der Waals surface area contributed by atoms with Crippen molar-refractivity contribution in [3.63, 3.8) is 0 Å². The molecule has 8 nitrogen and oxygen atoms in total. The van der Waals surface area contributed by atoms with Crippen molar-refractivity contribution in [1.29, 1.82) is 0 Å². The number of pyridine rings is 2. The molecule has 0 spiro atoms. The van der Waals surface area contributed by atoms with E-state index in [-0.39, 0.29) is 29.4 Å². The van der Waals surface area contributed by atoms with Gasteiger partial charge in [-0.15, -0.1) is 12.4 Å². The van der Waals surface area contributed by atoms with Gasteiger partial charge in [-0.25, -0.2) is 9.78 Å². The third-order valence-corrected chi connectivity index (χ3v) is 5.62. The molecule has 3 heterocycles. The van der Waals surface area contributed by atoms with Crippen LogP contribution in [0.1, 0.15) is 35.7 Å². The summed E-state index contributed by atoms with van der Waals surface area (Å²) in [6.45, 7) is 3.79. The summed E-state index contributed by atoms with van der Waals surface area (Å²) in [6, 6.07) is 1.72. The maximum Gasteiger partial charge on any atom is 0.341 e. The van der Waals surface area contributed by atoms with Gasteiger partial charge in [0.05, 0.1) is 10.4 Å². The lowest BCUT2D eigenvalue weighted by atomic mass is 10.2. The first-order valence-electron chi connectivity index (χ1n) is 9.39. The molecule has 0 unspecified atom stereocenters. The number of rotatable bonds is 6. The number of carbonyl (C=O) groups is 2. The fourth-order valence-corrected chi connectivity index (χ4v) is 3.93. The molecule has 29 heavy (non-hydrogen) atoms. The highest BCUT2D eigenvalue weighted by Crippen LogP contribution is 2.38. The van der Waals surface area contributed by atoms with Gasteiger partial charge in [-0.1, -0.05) is 11.6 Å². The van der Waals surface area contributed by atoms with Crippen molar-refractivity contribution >= 4 is 53.1 Å². The Morgan fingerprint density at radius 2 is 1.97 bits per heavy atom. The Bertz CT molecular complexity index is 998. The van der Waals surface area contributed by atoms with Gasteiger partial charge in [-0.05, 0) is 18.9 Å².